The fourth-order valence-corrected chi connectivity index (χ4v) is 2.17. The number of ether oxygens (including phenoxy) is 1. The molecule has 2 aromatic rings. The highest BCUT2D eigenvalue weighted by Crippen LogP contribution is 2.22. The van der Waals surface area contributed by atoms with Crippen LogP contribution in [0.5, 0.6) is 0 Å². The van der Waals surface area contributed by atoms with Crippen molar-refractivity contribution >= 4 is 44.5 Å². The fraction of sp³-hybridized carbons (Fsp3) is 0.167. The minimum Gasteiger partial charge on any atom is -0.461 e. The number of hydrogen-bond acceptors (Lipinski definition) is 3. The van der Waals surface area contributed by atoms with E-state index in [1.165, 1.54) is 0 Å². The highest BCUT2D eigenvalue weighted by Gasteiger charge is 2.11. The van der Waals surface area contributed by atoms with Crippen LogP contribution in [0.25, 0.3) is 5.69 Å². The molecule has 0 amide bonds. The number of carbonyl (C=O) groups excluding carboxylic acids is 1. The SMILES string of the molecule is CCOC(=O)c1cn(-c2ccc(Br)c(I)c2)cn1. The minimum atomic E-state index is -0.400. The van der Waals surface area contributed by atoms with Crippen LogP contribution in [0.2, 0.25) is 0 Å². The molecule has 1 heterocycles. The van der Waals surface area contributed by atoms with E-state index in [9.17, 15) is 4.79 Å². The number of rotatable bonds is 3. The molecule has 1 aromatic heterocycles. The minimum absolute atomic E-state index is 0.315. The number of halogens is 2. The Labute approximate surface area is 127 Å². The van der Waals surface area contributed by atoms with Gasteiger partial charge in [-0.05, 0) is 63.6 Å². The predicted molar refractivity (Wildman–Crippen MR) is 79.9 cm³/mol. The first kappa shape index (κ1) is 13.5. The number of hydrogen-bond donors (Lipinski definition) is 0. The molecule has 0 N–H and O–H groups in total. The number of nitrogens with zero attached hydrogens (tertiary/aromatic N) is 2. The summed E-state index contributed by atoms with van der Waals surface area (Å²) in [5.41, 5.74) is 1.26. The third-order valence-electron chi connectivity index (χ3n) is 2.27. The zero-order chi connectivity index (χ0) is 13.1. The summed E-state index contributed by atoms with van der Waals surface area (Å²) in [6, 6.07) is 5.91. The molecule has 0 bridgehead atoms. The maximum absolute atomic E-state index is 11.5. The highest BCUT2D eigenvalue weighted by molar-refractivity contribution is 14.1. The van der Waals surface area contributed by atoms with Crippen molar-refractivity contribution in [3.8, 4) is 5.69 Å². The van der Waals surface area contributed by atoms with Crippen molar-refractivity contribution in [1.82, 2.24) is 9.55 Å². The maximum Gasteiger partial charge on any atom is 0.358 e. The summed E-state index contributed by atoms with van der Waals surface area (Å²) < 4.78 is 8.82. The molecule has 0 aliphatic rings. The number of aromatic nitrogens is 2. The number of benzene rings is 1. The first-order valence-electron chi connectivity index (χ1n) is 5.28. The smallest absolute Gasteiger partial charge is 0.358 e. The Morgan fingerprint density at radius 3 is 3.00 bits per heavy atom. The zero-order valence-electron chi connectivity index (χ0n) is 9.56. The van der Waals surface area contributed by atoms with Gasteiger partial charge >= 0.3 is 5.97 Å². The number of imidazole rings is 1. The maximum atomic E-state index is 11.5. The van der Waals surface area contributed by atoms with E-state index in [-0.39, 0.29) is 0 Å². The van der Waals surface area contributed by atoms with Crippen LogP contribution in [0.3, 0.4) is 0 Å². The molecule has 94 valence electrons. The Kier molecular flexibility index (Phi) is 4.39. The van der Waals surface area contributed by atoms with Gasteiger partial charge in [-0.1, -0.05) is 0 Å². The second-order valence-corrected chi connectivity index (χ2v) is 5.50. The Morgan fingerprint density at radius 2 is 2.33 bits per heavy atom. The Bertz CT molecular complexity index is 583. The van der Waals surface area contributed by atoms with E-state index in [0.29, 0.717) is 12.3 Å². The molecule has 0 radical (unpaired) electrons. The van der Waals surface area contributed by atoms with Gasteiger partial charge < -0.3 is 9.30 Å². The normalized spacial score (nSPS) is 10.4. The summed E-state index contributed by atoms with van der Waals surface area (Å²) in [6.07, 6.45) is 3.27. The molecule has 0 saturated heterocycles. The summed E-state index contributed by atoms with van der Waals surface area (Å²) in [4.78, 5) is 15.5. The second-order valence-electron chi connectivity index (χ2n) is 3.49. The molecule has 0 aliphatic carbocycles. The van der Waals surface area contributed by atoms with Crippen molar-refractivity contribution in [3.63, 3.8) is 0 Å². The molecule has 18 heavy (non-hydrogen) atoms. The van der Waals surface area contributed by atoms with E-state index in [0.717, 1.165) is 13.7 Å². The van der Waals surface area contributed by atoms with Gasteiger partial charge in [-0.3, -0.25) is 0 Å². The van der Waals surface area contributed by atoms with Crippen LogP contribution >= 0.6 is 38.5 Å². The van der Waals surface area contributed by atoms with Crippen molar-refractivity contribution in [2.24, 2.45) is 0 Å². The van der Waals surface area contributed by atoms with Gasteiger partial charge in [0.1, 0.15) is 6.33 Å². The van der Waals surface area contributed by atoms with Crippen LogP contribution in [0.15, 0.2) is 35.2 Å². The highest BCUT2D eigenvalue weighted by atomic mass is 127. The third-order valence-corrected chi connectivity index (χ3v) is 4.59. The van der Waals surface area contributed by atoms with Gasteiger partial charge in [-0.25, -0.2) is 9.78 Å². The predicted octanol–water partition coefficient (Wildman–Crippen LogP) is 3.42. The molecular weight excluding hydrogens is 411 g/mol. The van der Waals surface area contributed by atoms with Gasteiger partial charge in [0, 0.05) is 19.9 Å². The van der Waals surface area contributed by atoms with Crippen LogP contribution in [0, 0.1) is 3.57 Å². The number of carbonyl (C=O) groups is 1. The van der Waals surface area contributed by atoms with Crippen LogP contribution in [0.1, 0.15) is 17.4 Å². The van der Waals surface area contributed by atoms with Gasteiger partial charge in [0.2, 0.25) is 0 Å². The average Bonchev–Trinajstić information content (AvgIpc) is 2.82. The van der Waals surface area contributed by atoms with Crippen molar-refractivity contribution in [3.05, 3.63) is 44.5 Å². The lowest BCUT2D eigenvalue weighted by molar-refractivity contribution is 0.0520. The molecule has 4 nitrogen and oxygen atoms in total. The second kappa shape index (κ2) is 5.83. The standard InChI is InChI=1S/C12H10BrIN2O2/c1-2-18-12(17)11-6-16(7-15-11)8-3-4-9(13)10(14)5-8/h3-7H,2H2,1H3. The lowest BCUT2D eigenvalue weighted by atomic mass is 10.3. The van der Waals surface area contributed by atoms with Gasteiger partial charge in [0.15, 0.2) is 5.69 Å². The summed E-state index contributed by atoms with van der Waals surface area (Å²) >= 11 is 5.68. The molecule has 0 fully saturated rings. The summed E-state index contributed by atoms with van der Waals surface area (Å²) in [7, 11) is 0. The monoisotopic (exact) mass is 420 g/mol. The molecule has 0 spiro atoms. The summed E-state index contributed by atoms with van der Waals surface area (Å²) in [5, 5.41) is 0. The lowest BCUT2D eigenvalue weighted by Gasteiger charge is -2.03. The molecule has 1 aromatic carbocycles. The molecule has 0 saturated carbocycles. The van der Waals surface area contributed by atoms with Gasteiger partial charge in [-0.2, -0.15) is 0 Å². The summed E-state index contributed by atoms with van der Waals surface area (Å²) in [5.74, 6) is -0.400. The first-order valence-corrected chi connectivity index (χ1v) is 7.15. The van der Waals surface area contributed by atoms with Crippen LogP contribution in [-0.4, -0.2) is 22.1 Å². The zero-order valence-corrected chi connectivity index (χ0v) is 13.3. The quantitative estimate of drug-likeness (QED) is 0.564. The molecule has 6 heteroatoms. The van der Waals surface area contributed by atoms with Crippen molar-refractivity contribution < 1.29 is 9.53 Å². The van der Waals surface area contributed by atoms with E-state index in [1.54, 1.807) is 24.0 Å². The Balaban J connectivity index is 2.29. The van der Waals surface area contributed by atoms with E-state index in [4.69, 9.17) is 4.74 Å². The van der Waals surface area contributed by atoms with E-state index in [1.807, 2.05) is 18.2 Å². The van der Waals surface area contributed by atoms with Gasteiger partial charge in [0.25, 0.3) is 0 Å². The molecule has 0 unspecified atom stereocenters. The molecule has 0 aliphatic heterocycles. The van der Waals surface area contributed by atoms with Crippen LogP contribution < -0.4 is 0 Å². The molecular formula is C12H10BrIN2O2. The van der Waals surface area contributed by atoms with E-state index < -0.39 is 5.97 Å². The Hall–Kier alpha value is -0.890. The average molecular weight is 421 g/mol. The largest absolute Gasteiger partial charge is 0.461 e. The topological polar surface area (TPSA) is 44.1 Å². The van der Waals surface area contributed by atoms with Crippen LogP contribution in [-0.2, 0) is 4.74 Å². The van der Waals surface area contributed by atoms with Crippen molar-refractivity contribution in [1.29, 1.82) is 0 Å². The first-order chi connectivity index (χ1) is 8.61. The van der Waals surface area contributed by atoms with Gasteiger partial charge in [0.05, 0.1) is 6.61 Å². The third kappa shape index (κ3) is 2.92. The van der Waals surface area contributed by atoms with Crippen LogP contribution in [0.4, 0.5) is 0 Å². The van der Waals surface area contributed by atoms with Gasteiger partial charge in [-0.15, -0.1) is 0 Å². The van der Waals surface area contributed by atoms with Crippen molar-refractivity contribution in [2.45, 2.75) is 6.92 Å². The lowest BCUT2D eigenvalue weighted by Crippen LogP contribution is -2.04. The summed E-state index contributed by atoms with van der Waals surface area (Å²) in [6.45, 7) is 2.12. The molecule has 0 atom stereocenters. The van der Waals surface area contributed by atoms with E-state index in [2.05, 4.69) is 43.5 Å². The fourth-order valence-electron chi connectivity index (χ4n) is 1.42. The Morgan fingerprint density at radius 1 is 1.56 bits per heavy atom. The molecule has 2 rings (SSSR count). The van der Waals surface area contributed by atoms with Crippen molar-refractivity contribution in [2.75, 3.05) is 6.61 Å². The number of esters is 1. The van der Waals surface area contributed by atoms with E-state index >= 15 is 0 Å².